The Balaban J connectivity index is 2.13. The van der Waals surface area contributed by atoms with Gasteiger partial charge in [-0.2, -0.15) is 10.2 Å². The topological polar surface area (TPSA) is 41.8 Å². The largest absolute Gasteiger partial charge is 0.295 e. The summed E-state index contributed by atoms with van der Waals surface area (Å²) in [6.07, 6.45) is 3.70. The smallest absolute Gasteiger partial charge is 0.248 e. The molecule has 1 aliphatic carbocycles. The summed E-state index contributed by atoms with van der Waals surface area (Å²) in [7, 11) is 0. The van der Waals surface area contributed by atoms with E-state index in [0.717, 1.165) is 19.3 Å². The highest BCUT2D eigenvalue weighted by Gasteiger charge is 2.48. The van der Waals surface area contributed by atoms with Crippen molar-refractivity contribution in [2.45, 2.75) is 31.3 Å². The fraction of sp³-hybridized carbons (Fsp3) is 0.833. The first-order chi connectivity index (χ1) is 4.33. The van der Waals surface area contributed by atoms with Gasteiger partial charge in [-0.3, -0.25) is 4.79 Å². The lowest BCUT2D eigenvalue weighted by atomic mass is 9.91. The van der Waals surface area contributed by atoms with Gasteiger partial charge < -0.3 is 0 Å². The summed E-state index contributed by atoms with van der Waals surface area (Å²) in [6, 6.07) is 0. The van der Waals surface area contributed by atoms with Crippen LogP contribution in [0.15, 0.2) is 10.2 Å². The molecule has 0 radical (unpaired) electrons. The van der Waals surface area contributed by atoms with Gasteiger partial charge in [0.25, 0.3) is 0 Å². The maximum absolute atomic E-state index is 11.0. The van der Waals surface area contributed by atoms with Gasteiger partial charge in [-0.05, 0) is 12.8 Å². The van der Waals surface area contributed by atoms with Crippen molar-refractivity contribution in [1.29, 1.82) is 0 Å². The molecular weight excluding hydrogens is 116 g/mol. The molecule has 1 spiro atoms. The second-order valence-electron chi connectivity index (χ2n) is 2.65. The van der Waals surface area contributed by atoms with Crippen molar-refractivity contribution in [3.63, 3.8) is 0 Å². The van der Waals surface area contributed by atoms with Crippen molar-refractivity contribution in [1.82, 2.24) is 0 Å². The number of hydrogen-bond acceptors (Lipinski definition) is 3. The van der Waals surface area contributed by atoms with E-state index in [1.807, 2.05) is 0 Å². The summed E-state index contributed by atoms with van der Waals surface area (Å²) >= 11 is 0. The number of carbonyl (C=O) groups is 1. The first-order valence-corrected chi connectivity index (χ1v) is 3.31. The lowest BCUT2D eigenvalue weighted by Gasteiger charge is -2.13. The third-order valence-electron chi connectivity index (χ3n) is 1.97. The molecular formula is C6H8N2O. The second kappa shape index (κ2) is 1.40. The van der Waals surface area contributed by atoms with Crippen LogP contribution in [0.2, 0.25) is 0 Å². The zero-order valence-corrected chi connectivity index (χ0v) is 5.13. The average molecular weight is 124 g/mol. The van der Waals surface area contributed by atoms with Gasteiger partial charge in [-0.15, -0.1) is 0 Å². The number of nitrogens with zero attached hydrogens (tertiary/aromatic N) is 2. The van der Waals surface area contributed by atoms with Crippen LogP contribution in [0.3, 0.4) is 0 Å². The highest BCUT2D eigenvalue weighted by Crippen LogP contribution is 2.39. The van der Waals surface area contributed by atoms with E-state index in [9.17, 15) is 4.79 Å². The van der Waals surface area contributed by atoms with E-state index in [2.05, 4.69) is 10.2 Å². The van der Waals surface area contributed by atoms with Crippen molar-refractivity contribution in [2.24, 2.45) is 10.2 Å². The number of carbonyl (C=O) groups excluding carboxylic acids is 1. The van der Waals surface area contributed by atoms with E-state index < -0.39 is 5.66 Å². The van der Waals surface area contributed by atoms with E-state index in [1.54, 1.807) is 0 Å². The summed E-state index contributed by atoms with van der Waals surface area (Å²) in [6.45, 7) is 0. The molecule has 0 atom stereocenters. The number of rotatable bonds is 0. The highest BCUT2D eigenvalue weighted by molar-refractivity contribution is 5.90. The van der Waals surface area contributed by atoms with Crippen LogP contribution in [-0.2, 0) is 4.79 Å². The van der Waals surface area contributed by atoms with Crippen LogP contribution >= 0.6 is 0 Å². The molecule has 0 amide bonds. The number of hydrogen-bond donors (Lipinski definition) is 0. The van der Waals surface area contributed by atoms with E-state index in [-0.39, 0.29) is 5.78 Å². The normalized spacial score (nSPS) is 29.1. The van der Waals surface area contributed by atoms with Crippen molar-refractivity contribution in [3.05, 3.63) is 0 Å². The van der Waals surface area contributed by atoms with Gasteiger partial charge in [0.2, 0.25) is 5.66 Å². The molecule has 1 heterocycles. The Labute approximate surface area is 53.2 Å². The molecule has 1 saturated carbocycles. The Bertz CT molecular complexity index is 179. The van der Waals surface area contributed by atoms with Gasteiger partial charge in [-0.1, -0.05) is 0 Å². The highest BCUT2D eigenvalue weighted by atomic mass is 16.1. The Morgan fingerprint density at radius 1 is 1.33 bits per heavy atom. The zero-order valence-electron chi connectivity index (χ0n) is 5.13. The van der Waals surface area contributed by atoms with Crippen LogP contribution in [0.5, 0.6) is 0 Å². The van der Waals surface area contributed by atoms with Gasteiger partial charge in [0.05, 0.1) is 0 Å². The molecule has 3 heteroatoms. The lowest BCUT2D eigenvalue weighted by molar-refractivity contribution is -0.123. The molecule has 9 heavy (non-hydrogen) atoms. The third-order valence-corrected chi connectivity index (χ3v) is 1.97. The standard InChI is InChI=1S/C6H8N2O/c9-5-3-1-2-4-6(5)7-8-6/h1-4H2. The summed E-state index contributed by atoms with van der Waals surface area (Å²) in [5.41, 5.74) is -0.502. The minimum atomic E-state index is -0.502. The monoisotopic (exact) mass is 124 g/mol. The molecule has 2 rings (SSSR count). The maximum atomic E-state index is 11.0. The third kappa shape index (κ3) is 0.605. The van der Waals surface area contributed by atoms with E-state index in [0.29, 0.717) is 6.42 Å². The molecule has 3 nitrogen and oxygen atoms in total. The molecule has 0 aromatic rings. The van der Waals surface area contributed by atoms with Gasteiger partial charge in [0.1, 0.15) is 0 Å². The van der Waals surface area contributed by atoms with Gasteiger partial charge in [0, 0.05) is 12.8 Å². The van der Waals surface area contributed by atoms with Gasteiger partial charge in [0.15, 0.2) is 5.78 Å². The maximum Gasteiger partial charge on any atom is 0.248 e. The van der Waals surface area contributed by atoms with Crippen LogP contribution in [0, 0.1) is 0 Å². The molecule has 0 N–H and O–H groups in total. The summed E-state index contributed by atoms with van der Waals surface area (Å²) < 4.78 is 0. The van der Waals surface area contributed by atoms with E-state index in [4.69, 9.17) is 0 Å². The Kier molecular flexibility index (Phi) is 0.793. The molecule has 2 aliphatic rings. The van der Waals surface area contributed by atoms with Crippen LogP contribution in [0.4, 0.5) is 0 Å². The average Bonchev–Trinajstić information content (AvgIpc) is 2.60. The fourth-order valence-electron chi connectivity index (χ4n) is 1.27. The van der Waals surface area contributed by atoms with Crippen molar-refractivity contribution >= 4 is 5.78 Å². The fourth-order valence-corrected chi connectivity index (χ4v) is 1.27. The van der Waals surface area contributed by atoms with Gasteiger partial charge in [-0.25, -0.2) is 0 Å². The molecule has 0 aromatic heterocycles. The minimum absolute atomic E-state index is 0.230. The predicted octanol–water partition coefficient (Wildman–Crippen LogP) is 1.29. The van der Waals surface area contributed by atoms with Crippen LogP contribution < -0.4 is 0 Å². The lowest BCUT2D eigenvalue weighted by Crippen LogP contribution is -2.27. The molecule has 0 bridgehead atoms. The van der Waals surface area contributed by atoms with Crippen LogP contribution in [-0.4, -0.2) is 11.4 Å². The van der Waals surface area contributed by atoms with Crippen LogP contribution in [0.25, 0.3) is 0 Å². The first-order valence-electron chi connectivity index (χ1n) is 3.31. The van der Waals surface area contributed by atoms with Crippen molar-refractivity contribution < 1.29 is 4.79 Å². The second-order valence-corrected chi connectivity index (χ2v) is 2.65. The summed E-state index contributed by atoms with van der Waals surface area (Å²) in [4.78, 5) is 11.0. The predicted molar refractivity (Wildman–Crippen MR) is 31.1 cm³/mol. The molecule has 0 saturated heterocycles. The van der Waals surface area contributed by atoms with E-state index in [1.165, 1.54) is 0 Å². The Hall–Kier alpha value is -0.730. The molecule has 48 valence electrons. The van der Waals surface area contributed by atoms with Gasteiger partial charge >= 0.3 is 0 Å². The summed E-state index contributed by atoms with van der Waals surface area (Å²) in [5.74, 6) is 0.230. The van der Waals surface area contributed by atoms with Crippen molar-refractivity contribution in [2.75, 3.05) is 0 Å². The van der Waals surface area contributed by atoms with Crippen LogP contribution in [0.1, 0.15) is 25.7 Å². The molecule has 0 unspecified atom stereocenters. The quantitative estimate of drug-likeness (QED) is 0.479. The summed E-state index contributed by atoms with van der Waals surface area (Å²) in [5, 5.41) is 7.50. The number of ketones is 1. The first kappa shape index (κ1) is 5.09. The number of Topliss-reactive ketones (excluding diaryl/α,β-unsaturated/α-hetero) is 1. The Morgan fingerprint density at radius 2 is 2.11 bits per heavy atom. The SMILES string of the molecule is O=C1CCCCC12N=N2. The molecule has 1 fully saturated rings. The minimum Gasteiger partial charge on any atom is -0.295 e. The zero-order chi connectivity index (χ0) is 6.32. The van der Waals surface area contributed by atoms with Crippen molar-refractivity contribution in [3.8, 4) is 0 Å². The molecule has 0 aromatic carbocycles. The van der Waals surface area contributed by atoms with E-state index >= 15 is 0 Å². The molecule has 1 aliphatic heterocycles. The Morgan fingerprint density at radius 3 is 2.56 bits per heavy atom.